The Morgan fingerprint density at radius 1 is 1.29 bits per heavy atom. The summed E-state index contributed by atoms with van der Waals surface area (Å²) in [5.74, 6) is 0.584. The molecule has 1 aromatic rings. The molecular weight excluding hydrogens is 215 g/mol. The van der Waals surface area contributed by atoms with E-state index in [-0.39, 0.29) is 5.82 Å². The molecule has 0 amide bonds. The predicted octanol–water partition coefficient (Wildman–Crippen LogP) is 2.40. The molecule has 1 unspecified atom stereocenters. The van der Waals surface area contributed by atoms with Gasteiger partial charge in [-0.25, -0.2) is 4.39 Å². The standard InChI is InChI=1S/C14H19FN2/c15-12-2-1-3-14(8-12)17-7-6-11(10-17)9-16-13-4-5-13/h1-3,8,11,13,16H,4-7,9-10H2. The molecule has 2 nitrogen and oxygen atoms in total. The third-order valence-corrected chi connectivity index (χ3v) is 3.73. The van der Waals surface area contributed by atoms with Gasteiger partial charge in [-0.15, -0.1) is 0 Å². The summed E-state index contributed by atoms with van der Waals surface area (Å²) >= 11 is 0. The van der Waals surface area contributed by atoms with Crippen LogP contribution in [0, 0.1) is 11.7 Å². The number of anilines is 1. The van der Waals surface area contributed by atoms with Crippen molar-refractivity contribution in [3.63, 3.8) is 0 Å². The van der Waals surface area contributed by atoms with Crippen molar-refractivity contribution in [3.05, 3.63) is 30.1 Å². The number of benzene rings is 1. The van der Waals surface area contributed by atoms with Crippen LogP contribution >= 0.6 is 0 Å². The second-order valence-electron chi connectivity index (χ2n) is 5.26. The van der Waals surface area contributed by atoms with Gasteiger partial charge in [-0.2, -0.15) is 0 Å². The SMILES string of the molecule is Fc1cccc(N2CCC(CNC3CC3)C2)c1. The highest BCUT2D eigenvalue weighted by molar-refractivity contribution is 5.47. The van der Waals surface area contributed by atoms with E-state index in [1.807, 2.05) is 6.07 Å². The van der Waals surface area contributed by atoms with E-state index in [0.29, 0.717) is 0 Å². The molecule has 1 heterocycles. The van der Waals surface area contributed by atoms with Crippen LogP contribution in [-0.4, -0.2) is 25.7 Å². The van der Waals surface area contributed by atoms with Crippen LogP contribution in [0.25, 0.3) is 0 Å². The second-order valence-corrected chi connectivity index (χ2v) is 5.26. The normalized spacial score (nSPS) is 24.3. The van der Waals surface area contributed by atoms with E-state index in [0.717, 1.165) is 37.3 Å². The summed E-state index contributed by atoms with van der Waals surface area (Å²) in [4.78, 5) is 2.29. The topological polar surface area (TPSA) is 15.3 Å². The largest absolute Gasteiger partial charge is 0.371 e. The van der Waals surface area contributed by atoms with Crippen molar-refractivity contribution in [3.8, 4) is 0 Å². The quantitative estimate of drug-likeness (QED) is 0.860. The van der Waals surface area contributed by atoms with E-state index in [1.165, 1.54) is 25.3 Å². The highest BCUT2D eigenvalue weighted by Crippen LogP contribution is 2.25. The van der Waals surface area contributed by atoms with E-state index < -0.39 is 0 Å². The number of nitrogens with zero attached hydrogens (tertiary/aromatic N) is 1. The first-order chi connectivity index (χ1) is 8.31. The molecule has 3 rings (SSSR count). The molecule has 1 aliphatic heterocycles. The van der Waals surface area contributed by atoms with E-state index in [2.05, 4.69) is 10.2 Å². The zero-order valence-electron chi connectivity index (χ0n) is 10.0. The Kier molecular flexibility index (Phi) is 3.02. The van der Waals surface area contributed by atoms with Crippen molar-refractivity contribution < 1.29 is 4.39 Å². The maximum absolute atomic E-state index is 13.1. The van der Waals surface area contributed by atoms with E-state index in [1.54, 1.807) is 12.1 Å². The maximum atomic E-state index is 13.1. The number of hydrogen-bond donors (Lipinski definition) is 1. The smallest absolute Gasteiger partial charge is 0.125 e. The fourth-order valence-electron chi connectivity index (χ4n) is 2.53. The van der Waals surface area contributed by atoms with Crippen LogP contribution in [0.15, 0.2) is 24.3 Å². The van der Waals surface area contributed by atoms with Crippen LogP contribution in [0.2, 0.25) is 0 Å². The first-order valence-corrected chi connectivity index (χ1v) is 6.55. The van der Waals surface area contributed by atoms with Crippen LogP contribution in [0.3, 0.4) is 0 Å². The van der Waals surface area contributed by atoms with Gasteiger partial charge in [0.05, 0.1) is 0 Å². The summed E-state index contributed by atoms with van der Waals surface area (Å²) < 4.78 is 13.1. The average molecular weight is 234 g/mol. The van der Waals surface area contributed by atoms with Gasteiger partial charge >= 0.3 is 0 Å². The Morgan fingerprint density at radius 3 is 2.94 bits per heavy atom. The van der Waals surface area contributed by atoms with Gasteiger partial charge in [0.1, 0.15) is 5.82 Å². The third-order valence-electron chi connectivity index (χ3n) is 3.73. The lowest BCUT2D eigenvalue weighted by Gasteiger charge is -2.18. The molecular formula is C14H19FN2. The summed E-state index contributed by atoms with van der Waals surface area (Å²) in [6, 6.07) is 7.72. The second kappa shape index (κ2) is 4.65. The molecule has 0 aromatic heterocycles. The number of halogens is 1. The Hall–Kier alpha value is -1.09. The van der Waals surface area contributed by atoms with E-state index in [4.69, 9.17) is 0 Å². The molecule has 0 bridgehead atoms. The minimum atomic E-state index is -0.137. The zero-order valence-corrected chi connectivity index (χ0v) is 10.0. The molecule has 1 aromatic carbocycles. The van der Waals surface area contributed by atoms with Crippen molar-refractivity contribution in [2.24, 2.45) is 5.92 Å². The Labute approximate surface area is 102 Å². The van der Waals surface area contributed by atoms with Gasteiger partial charge in [0.15, 0.2) is 0 Å². The van der Waals surface area contributed by atoms with Crippen molar-refractivity contribution >= 4 is 5.69 Å². The maximum Gasteiger partial charge on any atom is 0.125 e. The summed E-state index contributed by atoms with van der Waals surface area (Å²) in [7, 11) is 0. The summed E-state index contributed by atoms with van der Waals surface area (Å²) in [5.41, 5.74) is 1.03. The van der Waals surface area contributed by atoms with Gasteiger partial charge in [-0.3, -0.25) is 0 Å². The molecule has 1 atom stereocenters. The predicted molar refractivity (Wildman–Crippen MR) is 67.7 cm³/mol. The van der Waals surface area contributed by atoms with Gasteiger partial charge in [0.25, 0.3) is 0 Å². The first kappa shape index (κ1) is 11.0. The van der Waals surface area contributed by atoms with Gasteiger partial charge < -0.3 is 10.2 Å². The van der Waals surface area contributed by atoms with Crippen LogP contribution in [-0.2, 0) is 0 Å². The Morgan fingerprint density at radius 2 is 2.18 bits per heavy atom. The van der Waals surface area contributed by atoms with Crippen molar-refractivity contribution in [2.75, 3.05) is 24.5 Å². The molecule has 92 valence electrons. The van der Waals surface area contributed by atoms with Crippen LogP contribution in [0.4, 0.5) is 10.1 Å². The molecule has 1 aliphatic carbocycles. The lowest BCUT2D eigenvalue weighted by Crippen LogP contribution is -2.27. The lowest BCUT2D eigenvalue weighted by atomic mass is 10.1. The Balaban J connectivity index is 1.55. The minimum absolute atomic E-state index is 0.137. The van der Waals surface area contributed by atoms with E-state index >= 15 is 0 Å². The summed E-state index contributed by atoms with van der Waals surface area (Å²) in [5, 5.41) is 3.58. The van der Waals surface area contributed by atoms with Crippen molar-refractivity contribution in [2.45, 2.75) is 25.3 Å². The first-order valence-electron chi connectivity index (χ1n) is 6.55. The molecule has 1 saturated heterocycles. The third kappa shape index (κ3) is 2.78. The van der Waals surface area contributed by atoms with Crippen molar-refractivity contribution in [1.29, 1.82) is 0 Å². The van der Waals surface area contributed by atoms with Crippen LogP contribution < -0.4 is 10.2 Å². The lowest BCUT2D eigenvalue weighted by molar-refractivity contribution is 0.515. The van der Waals surface area contributed by atoms with Crippen LogP contribution in [0.1, 0.15) is 19.3 Å². The molecule has 0 spiro atoms. The molecule has 3 heteroatoms. The van der Waals surface area contributed by atoms with Crippen LogP contribution in [0.5, 0.6) is 0 Å². The van der Waals surface area contributed by atoms with Gasteiger partial charge in [0, 0.05) is 24.8 Å². The minimum Gasteiger partial charge on any atom is -0.371 e. The fourth-order valence-corrected chi connectivity index (χ4v) is 2.53. The number of rotatable bonds is 4. The molecule has 2 aliphatic rings. The average Bonchev–Trinajstić information content (AvgIpc) is 3.04. The highest BCUT2D eigenvalue weighted by Gasteiger charge is 2.26. The number of hydrogen-bond acceptors (Lipinski definition) is 2. The molecule has 1 saturated carbocycles. The van der Waals surface area contributed by atoms with E-state index in [9.17, 15) is 4.39 Å². The summed E-state index contributed by atoms with van der Waals surface area (Å²) in [6.45, 7) is 3.24. The van der Waals surface area contributed by atoms with Gasteiger partial charge in [-0.1, -0.05) is 6.07 Å². The highest BCUT2D eigenvalue weighted by atomic mass is 19.1. The van der Waals surface area contributed by atoms with Crippen molar-refractivity contribution in [1.82, 2.24) is 5.32 Å². The molecule has 2 fully saturated rings. The number of nitrogens with one attached hydrogen (secondary N) is 1. The fraction of sp³-hybridized carbons (Fsp3) is 0.571. The van der Waals surface area contributed by atoms with Gasteiger partial charge in [-0.05, 0) is 49.9 Å². The summed E-state index contributed by atoms with van der Waals surface area (Å²) in [6.07, 6.45) is 3.91. The molecule has 1 N–H and O–H groups in total. The Bertz CT molecular complexity index is 390. The molecule has 0 radical (unpaired) electrons. The zero-order chi connectivity index (χ0) is 11.7. The van der Waals surface area contributed by atoms with Gasteiger partial charge in [0.2, 0.25) is 0 Å². The monoisotopic (exact) mass is 234 g/mol. The molecule has 17 heavy (non-hydrogen) atoms.